The molecular weight excluding hydrogens is 174 g/mol. The second-order valence-corrected chi connectivity index (χ2v) is 4.69. The number of hydrogen-bond acceptors (Lipinski definition) is 2. The van der Waals surface area contributed by atoms with Crippen molar-refractivity contribution < 1.29 is 5.11 Å². The van der Waals surface area contributed by atoms with E-state index in [4.69, 9.17) is 0 Å². The van der Waals surface area contributed by atoms with Crippen molar-refractivity contribution in [2.24, 2.45) is 11.8 Å². The molecule has 1 fully saturated rings. The van der Waals surface area contributed by atoms with E-state index in [0.29, 0.717) is 6.04 Å². The van der Waals surface area contributed by atoms with Crippen molar-refractivity contribution in [2.45, 2.75) is 44.8 Å². The van der Waals surface area contributed by atoms with Crippen LogP contribution >= 0.6 is 0 Å². The molecule has 1 saturated carbocycles. The fraction of sp³-hybridized carbons (Fsp3) is 0.833. The van der Waals surface area contributed by atoms with E-state index in [1.54, 1.807) is 0 Å². The van der Waals surface area contributed by atoms with Crippen molar-refractivity contribution in [3.8, 4) is 0 Å². The van der Waals surface area contributed by atoms with Gasteiger partial charge in [0.25, 0.3) is 0 Å². The van der Waals surface area contributed by atoms with Crippen LogP contribution in [0, 0.1) is 11.8 Å². The highest BCUT2D eigenvalue weighted by Crippen LogP contribution is 2.42. The summed E-state index contributed by atoms with van der Waals surface area (Å²) in [5, 5.41) is 13.1. The highest BCUT2D eigenvalue weighted by Gasteiger charge is 2.40. The van der Waals surface area contributed by atoms with Crippen molar-refractivity contribution in [2.75, 3.05) is 6.54 Å². The highest BCUT2D eigenvalue weighted by molar-refractivity contribution is 5.12. The zero-order valence-corrected chi connectivity index (χ0v) is 8.95. The number of rotatable bonds is 5. The summed E-state index contributed by atoms with van der Waals surface area (Å²) in [4.78, 5) is 0. The van der Waals surface area contributed by atoms with Crippen LogP contribution in [0.5, 0.6) is 0 Å². The Labute approximate surface area is 86.4 Å². The van der Waals surface area contributed by atoms with Gasteiger partial charge in [-0.25, -0.2) is 0 Å². The van der Waals surface area contributed by atoms with Crippen LogP contribution < -0.4 is 5.32 Å². The maximum atomic E-state index is 9.58. The molecule has 0 bridgehead atoms. The molecule has 2 nitrogen and oxygen atoms in total. The SMILES string of the molecule is CCCC(O)CNC1CC2CC=CC21. The molecule has 80 valence electrons. The number of aliphatic hydroxyl groups excluding tert-OH is 1. The maximum Gasteiger partial charge on any atom is 0.0664 e. The number of hydrogen-bond donors (Lipinski definition) is 2. The van der Waals surface area contributed by atoms with Crippen LogP contribution in [0.2, 0.25) is 0 Å². The third kappa shape index (κ3) is 2.01. The van der Waals surface area contributed by atoms with E-state index < -0.39 is 0 Å². The molecule has 0 aliphatic heterocycles. The molecule has 0 saturated heterocycles. The summed E-state index contributed by atoms with van der Waals surface area (Å²) in [5.41, 5.74) is 0. The molecule has 0 aromatic rings. The minimum Gasteiger partial charge on any atom is -0.392 e. The molecule has 0 spiro atoms. The van der Waals surface area contributed by atoms with Gasteiger partial charge in [-0.1, -0.05) is 25.5 Å². The summed E-state index contributed by atoms with van der Waals surface area (Å²) in [6.45, 7) is 2.89. The van der Waals surface area contributed by atoms with Crippen LogP contribution in [0.15, 0.2) is 12.2 Å². The van der Waals surface area contributed by atoms with Crippen LogP contribution in [-0.2, 0) is 0 Å². The van der Waals surface area contributed by atoms with E-state index in [1.165, 1.54) is 12.8 Å². The number of aliphatic hydroxyl groups is 1. The Balaban J connectivity index is 1.65. The smallest absolute Gasteiger partial charge is 0.0664 e. The van der Waals surface area contributed by atoms with Gasteiger partial charge in [0.15, 0.2) is 0 Å². The quantitative estimate of drug-likeness (QED) is 0.654. The van der Waals surface area contributed by atoms with Crippen LogP contribution in [0.4, 0.5) is 0 Å². The Kier molecular flexibility index (Phi) is 3.24. The van der Waals surface area contributed by atoms with Crippen LogP contribution in [-0.4, -0.2) is 23.8 Å². The van der Waals surface area contributed by atoms with Crippen molar-refractivity contribution in [3.05, 3.63) is 12.2 Å². The fourth-order valence-corrected chi connectivity index (χ4v) is 2.67. The minimum absolute atomic E-state index is 0.149. The average molecular weight is 195 g/mol. The Bertz CT molecular complexity index is 214. The molecular formula is C12H21NO. The number of allylic oxidation sites excluding steroid dienone is 1. The van der Waals surface area contributed by atoms with E-state index in [-0.39, 0.29) is 6.10 Å². The molecule has 4 unspecified atom stereocenters. The molecule has 14 heavy (non-hydrogen) atoms. The van der Waals surface area contributed by atoms with Crippen molar-refractivity contribution in [1.29, 1.82) is 0 Å². The van der Waals surface area contributed by atoms with E-state index in [2.05, 4.69) is 24.4 Å². The van der Waals surface area contributed by atoms with Gasteiger partial charge in [-0.05, 0) is 31.1 Å². The Morgan fingerprint density at radius 1 is 1.57 bits per heavy atom. The van der Waals surface area contributed by atoms with E-state index in [9.17, 15) is 5.11 Å². The lowest BCUT2D eigenvalue weighted by Crippen LogP contribution is -2.50. The molecule has 4 atom stereocenters. The monoisotopic (exact) mass is 195 g/mol. The first kappa shape index (κ1) is 10.2. The van der Waals surface area contributed by atoms with Crippen molar-refractivity contribution in [3.63, 3.8) is 0 Å². The Morgan fingerprint density at radius 3 is 3.14 bits per heavy atom. The molecule has 2 rings (SSSR count). The third-order valence-electron chi connectivity index (χ3n) is 3.60. The van der Waals surface area contributed by atoms with E-state index >= 15 is 0 Å². The average Bonchev–Trinajstić information content (AvgIpc) is 2.48. The summed E-state index contributed by atoms with van der Waals surface area (Å²) >= 11 is 0. The van der Waals surface area contributed by atoms with Crippen LogP contribution in [0.1, 0.15) is 32.6 Å². The predicted molar refractivity (Wildman–Crippen MR) is 58.1 cm³/mol. The molecule has 2 aliphatic carbocycles. The highest BCUT2D eigenvalue weighted by atomic mass is 16.3. The van der Waals surface area contributed by atoms with Crippen LogP contribution in [0.3, 0.4) is 0 Å². The first-order chi connectivity index (χ1) is 6.81. The van der Waals surface area contributed by atoms with Gasteiger partial charge in [0, 0.05) is 12.6 Å². The number of nitrogens with one attached hydrogen (secondary N) is 1. The lowest BCUT2D eigenvalue weighted by Gasteiger charge is -2.41. The predicted octanol–water partition coefficient (Wildman–Crippen LogP) is 1.70. The Hall–Kier alpha value is -0.340. The Morgan fingerprint density at radius 2 is 2.43 bits per heavy atom. The molecule has 2 N–H and O–H groups in total. The van der Waals surface area contributed by atoms with Gasteiger partial charge < -0.3 is 10.4 Å². The summed E-state index contributed by atoms with van der Waals surface area (Å²) in [7, 11) is 0. The zero-order chi connectivity index (χ0) is 9.97. The van der Waals surface area contributed by atoms with Gasteiger partial charge in [0.1, 0.15) is 0 Å². The lowest BCUT2D eigenvalue weighted by atomic mass is 9.71. The summed E-state index contributed by atoms with van der Waals surface area (Å²) in [6, 6.07) is 0.644. The van der Waals surface area contributed by atoms with Crippen molar-refractivity contribution in [1.82, 2.24) is 5.32 Å². The molecule has 0 heterocycles. The molecule has 2 aliphatic rings. The standard InChI is InChI=1S/C12H21NO/c1-2-4-10(14)8-13-12-7-9-5-3-6-11(9)12/h3,6,9-14H,2,4-5,7-8H2,1H3. The van der Waals surface area contributed by atoms with Gasteiger partial charge in [0.05, 0.1) is 6.10 Å². The summed E-state index contributed by atoms with van der Waals surface area (Å²) < 4.78 is 0. The first-order valence-electron chi connectivity index (χ1n) is 5.89. The lowest BCUT2D eigenvalue weighted by molar-refractivity contribution is 0.117. The van der Waals surface area contributed by atoms with Gasteiger partial charge >= 0.3 is 0 Å². The largest absolute Gasteiger partial charge is 0.392 e. The minimum atomic E-state index is -0.149. The topological polar surface area (TPSA) is 32.3 Å². The van der Waals surface area contributed by atoms with Gasteiger partial charge in [0.2, 0.25) is 0 Å². The van der Waals surface area contributed by atoms with Gasteiger partial charge in [-0.3, -0.25) is 0 Å². The zero-order valence-electron chi connectivity index (χ0n) is 8.95. The maximum absolute atomic E-state index is 9.58. The fourth-order valence-electron chi connectivity index (χ4n) is 2.67. The molecule has 0 aromatic carbocycles. The molecule has 0 amide bonds. The van der Waals surface area contributed by atoms with E-state index in [1.807, 2.05) is 0 Å². The van der Waals surface area contributed by atoms with Crippen LogP contribution in [0.25, 0.3) is 0 Å². The molecule has 0 radical (unpaired) electrons. The number of fused-ring (bicyclic) bond motifs is 1. The second kappa shape index (κ2) is 4.45. The van der Waals surface area contributed by atoms with Crippen molar-refractivity contribution >= 4 is 0 Å². The molecule has 0 aromatic heterocycles. The molecule has 2 heteroatoms. The second-order valence-electron chi connectivity index (χ2n) is 4.69. The van der Waals surface area contributed by atoms with Gasteiger partial charge in [-0.15, -0.1) is 0 Å². The van der Waals surface area contributed by atoms with E-state index in [0.717, 1.165) is 31.2 Å². The summed E-state index contributed by atoms with van der Waals surface area (Å²) in [5.74, 6) is 1.68. The summed E-state index contributed by atoms with van der Waals surface area (Å²) in [6.07, 6.45) is 9.07. The normalized spacial score (nSPS) is 36.6. The first-order valence-corrected chi connectivity index (χ1v) is 5.89. The van der Waals surface area contributed by atoms with Gasteiger partial charge in [-0.2, -0.15) is 0 Å². The third-order valence-corrected chi connectivity index (χ3v) is 3.60.